The molecule has 1 aliphatic carbocycles. The Balaban J connectivity index is 2.67. The lowest BCUT2D eigenvalue weighted by atomic mass is 10.2. The van der Waals surface area contributed by atoms with Crippen molar-refractivity contribution in [3.05, 3.63) is 0 Å². The van der Waals surface area contributed by atoms with E-state index in [9.17, 15) is 14.4 Å². The minimum Gasteiger partial charge on any atom is -0.480 e. The fourth-order valence-electron chi connectivity index (χ4n) is 2.21. The van der Waals surface area contributed by atoms with Crippen LogP contribution in [0.1, 0.15) is 25.7 Å². The largest absolute Gasteiger partial charge is 0.480 e. The van der Waals surface area contributed by atoms with E-state index in [2.05, 4.69) is 0 Å². The SMILES string of the molecule is CN(C(=O)N(CC(N)=O)CC(=O)O)C1CCCC1. The van der Waals surface area contributed by atoms with Crippen LogP contribution in [-0.4, -0.2) is 59.0 Å². The van der Waals surface area contributed by atoms with E-state index >= 15 is 0 Å². The van der Waals surface area contributed by atoms with Gasteiger partial charge in [-0.25, -0.2) is 4.79 Å². The number of nitrogens with two attached hydrogens (primary N) is 1. The fraction of sp³-hybridized carbons (Fsp3) is 0.727. The summed E-state index contributed by atoms with van der Waals surface area (Å²) in [6.07, 6.45) is 3.97. The molecule has 0 aromatic rings. The Kier molecular flexibility index (Phi) is 4.94. The minimum absolute atomic E-state index is 0.127. The third-order valence-electron chi connectivity index (χ3n) is 3.12. The molecule has 7 nitrogen and oxygen atoms in total. The third-order valence-corrected chi connectivity index (χ3v) is 3.12. The van der Waals surface area contributed by atoms with Crippen molar-refractivity contribution in [2.24, 2.45) is 5.73 Å². The fourth-order valence-corrected chi connectivity index (χ4v) is 2.21. The van der Waals surface area contributed by atoms with Crippen LogP contribution in [0.15, 0.2) is 0 Å². The second-order valence-corrected chi connectivity index (χ2v) is 4.55. The van der Waals surface area contributed by atoms with E-state index in [0.717, 1.165) is 30.6 Å². The molecular weight excluding hydrogens is 238 g/mol. The maximum atomic E-state index is 12.1. The van der Waals surface area contributed by atoms with E-state index in [4.69, 9.17) is 10.8 Å². The molecule has 3 amide bonds. The first-order chi connectivity index (χ1) is 8.41. The van der Waals surface area contributed by atoms with Crippen LogP contribution in [0.5, 0.6) is 0 Å². The maximum Gasteiger partial charge on any atom is 0.323 e. The van der Waals surface area contributed by atoms with Gasteiger partial charge in [-0.15, -0.1) is 0 Å². The van der Waals surface area contributed by atoms with Gasteiger partial charge in [0.2, 0.25) is 5.91 Å². The first kappa shape index (κ1) is 14.3. The minimum atomic E-state index is -1.16. The molecule has 1 rings (SSSR count). The lowest BCUT2D eigenvalue weighted by Crippen LogP contribution is -2.49. The van der Waals surface area contributed by atoms with E-state index < -0.39 is 24.5 Å². The standard InChI is InChI=1S/C11H19N3O4/c1-13(8-4-2-3-5-8)11(18)14(6-9(12)15)7-10(16)17/h8H,2-7H2,1H3,(H2,12,15)(H,16,17). The first-order valence-corrected chi connectivity index (χ1v) is 5.93. The second kappa shape index (κ2) is 6.23. The van der Waals surface area contributed by atoms with Crippen molar-refractivity contribution in [1.82, 2.24) is 9.80 Å². The van der Waals surface area contributed by atoms with Gasteiger partial charge in [-0.2, -0.15) is 0 Å². The van der Waals surface area contributed by atoms with Gasteiger partial charge in [0.15, 0.2) is 0 Å². The number of amides is 3. The number of urea groups is 1. The molecule has 0 aromatic heterocycles. The van der Waals surface area contributed by atoms with Crippen LogP contribution in [0.2, 0.25) is 0 Å². The Hall–Kier alpha value is -1.79. The number of nitrogens with zero attached hydrogens (tertiary/aromatic N) is 2. The number of rotatable bonds is 5. The Bertz CT molecular complexity index is 323. The number of primary amides is 1. The van der Waals surface area contributed by atoms with Crippen molar-refractivity contribution < 1.29 is 19.5 Å². The van der Waals surface area contributed by atoms with Gasteiger partial charge in [0.1, 0.15) is 13.1 Å². The van der Waals surface area contributed by atoms with Gasteiger partial charge in [-0.05, 0) is 12.8 Å². The molecule has 0 aliphatic heterocycles. The zero-order valence-electron chi connectivity index (χ0n) is 10.5. The summed E-state index contributed by atoms with van der Waals surface area (Å²) in [4.78, 5) is 36.1. The summed E-state index contributed by atoms with van der Waals surface area (Å²) < 4.78 is 0. The molecule has 1 fully saturated rings. The number of carbonyl (C=O) groups excluding carboxylic acids is 2. The first-order valence-electron chi connectivity index (χ1n) is 5.93. The van der Waals surface area contributed by atoms with Crippen LogP contribution in [0.3, 0.4) is 0 Å². The number of carboxylic acid groups (broad SMARTS) is 1. The van der Waals surface area contributed by atoms with Crippen molar-refractivity contribution in [2.75, 3.05) is 20.1 Å². The predicted molar refractivity (Wildman–Crippen MR) is 63.8 cm³/mol. The summed E-state index contributed by atoms with van der Waals surface area (Å²) in [5.74, 6) is -1.88. The highest BCUT2D eigenvalue weighted by Gasteiger charge is 2.28. The van der Waals surface area contributed by atoms with Crippen molar-refractivity contribution in [1.29, 1.82) is 0 Å². The lowest BCUT2D eigenvalue weighted by Gasteiger charge is -2.30. The maximum absolute atomic E-state index is 12.1. The Morgan fingerprint density at radius 2 is 1.78 bits per heavy atom. The van der Waals surface area contributed by atoms with E-state index in [1.165, 1.54) is 4.90 Å². The van der Waals surface area contributed by atoms with E-state index in [-0.39, 0.29) is 12.6 Å². The highest BCUT2D eigenvalue weighted by molar-refractivity contribution is 5.86. The Labute approximate surface area is 106 Å². The van der Waals surface area contributed by atoms with Gasteiger partial charge in [-0.1, -0.05) is 12.8 Å². The topological polar surface area (TPSA) is 104 Å². The number of carboxylic acids is 1. The molecule has 0 bridgehead atoms. The van der Waals surface area contributed by atoms with Crippen LogP contribution in [0.4, 0.5) is 4.79 Å². The number of carbonyl (C=O) groups is 3. The molecule has 0 saturated heterocycles. The summed E-state index contributed by atoms with van der Waals surface area (Å²) in [5.41, 5.74) is 5.02. The average molecular weight is 257 g/mol. The quantitative estimate of drug-likeness (QED) is 0.714. The molecule has 0 aromatic carbocycles. The summed E-state index contributed by atoms with van der Waals surface area (Å²) in [5, 5.41) is 8.73. The van der Waals surface area contributed by atoms with Crippen LogP contribution in [-0.2, 0) is 9.59 Å². The molecule has 3 N–H and O–H groups in total. The van der Waals surface area contributed by atoms with E-state index in [1.807, 2.05) is 0 Å². The van der Waals surface area contributed by atoms with Crippen LogP contribution in [0, 0.1) is 0 Å². The van der Waals surface area contributed by atoms with Crippen molar-refractivity contribution in [3.8, 4) is 0 Å². The average Bonchev–Trinajstić information content (AvgIpc) is 2.78. The van der Waals surface area contributed by atoms with E-state index in [0.29, 0.717) is 0 Å². The van der Waals surface area contributed by atoms with Crippen LogP contribution < -0.4 is 5.73 Å². The van der Waals surface area contributed by atoms with Crippen molar-refractivity contribution in [2.45, 2.75) is 31.7 Å². The second-order valence-electron chi connectivity index (χ2n) is 4.55. The zero-order chi connectivity index (χ0) is 13.7. The normalized spacial score (nSPS) is 15.4. The Morgan fingerprint density at radius 1 is 1.22 bits per heavy atom. The predicted octanol–water partition coefficient (Wildman–Crippen LogP) is -0.147. The number of hydrogen-bond acceptors (Lipinski definition) is 3. The monoisotopic (exact) mass is 257 g/mol. The highest BCUT2D eigenvalue weighted by Crippen LogP contribution is 2.23. The van der Waals surface area contributed by atoms with Gasteiger partial charge in [0.25, 0.3) is 0 Å². The smallest absolute Gasteiger partial charge is 0.323 e. The van der Waals surface area contributed by atoms with Gasteiger partial charge in [0.05, 0.1) is 0 Å². The summed E-state index contributed by atoms with van der Waals surface area (Å²) in [6, 6.07) is -0.329. The van der Waals surface area contributed by atoms with Crippen molar-refractivity contribution in [3.63, 3.8) is 0 Å². The van der Waals surface area contributed by atoms with Crippen LogP contribution >= 0.6 is 0 Å². The Morgan fingerprint density at radius 3 is 2.22 bits per heavy atom. The van der Waals surface area contributed by atoms with Gasteiger partial charge in [0, 0.05) is 13.1 Å². The lowest BCUT2D eigenvalue weighted by molar-refractivity contribution is -0.138. The molecule has 1 saturated carbocycles. The number of hydrogen-bond donors (Lipinski definition) is 2. The van der Waals surface area contributed by atoms with Crippen LogP contribution in [0.25, 0.3) is 0 Å². The molecule has 0 unspecified atom stereocenters. The molecular formula is C11H19N3O4. The molecule has 0 radical (unpaired) electrons. The number of aliphatic carboxylic acids is 1. The zero-order valence-corrected chi connectivity index (χ0v) is 10.5. The summed E-state index contributed by atoms with van der Waals surface area (Å²) in [7, 11) is 1.63. The van der Waals surface area contributed by atoms with Crippen molar-refractivity contribution >= 4 is 17.9 Å². The summed E-state index contributed by atoms with van der Waals surface area (Å²) >= 11 is 0. The van der Waals surface area contributed by atoms with Gasteiger partial charge in [-0.3, -0.25) is 9.59 Å². The van der Waals surface area contributed by atoms with E-state index in [1.54, 1.807) is 7.05 Å². The highest BCUT2D eigenvalue weighted by atomic mass is 16.4. The third kappa shape index (κ3) is 3.90. The molecule has 7 heteroatoms. The molecule has 0 heterocycles. The molecule has 0 atom stereocenters. The van der Waals surface area contributed by atoms with Gasteiger partial charge >= 0.3 is 12.0 Å². The molecule has 18 heavy (non-hydrogen) atoms. The summed E-state index contributed by atoms with van der Waals surface area (Å²) in [6.45, 7) is -0.888. The molecule has 102 valence electrons. The van der Waals surface area contributed by atoms with Gasteiger partial charge < -0.3 is 20.6 Å². The molecule has 1 aliphatic rings. The molecule has 0 spiro atoms.